The summed E-state index contributed by atoms with van der Waals surface area (Å²) in [7, 11) is -4.14. The monoisotopic (exact) mass is 595 g/mol. The summed E-state index contributed by atoms with van der Waals surface area (Å²) >= 11 is 6.40. The molecule has 1 saturated carbocycles. The van der Waals surface area contributed by atoms with Gasteiger partial charge in [0, 0.05) is 17.6 Å². The number of halogens is 1. The van der Waals surface area contributed by atoms with E-state index in [1.807, 2.05) is 45.0 Å². The molecular formula is C32H38ClN3O4S. The molecule has 9 heteroatoms. The summed E-state index contributed by atoms with van der Waals surface area (Å²) in [5, 5.41) is 3.53. The van der Waals surface area contributed by atoms with Crippen molar-refractivity contribution in [2.75, 3.05) is 10.8 Å². The molecular weight excluding hydrogens is 558 g/mol. The van der Waals surface area contributed by atoms with Crippen molar-refractivity contribution in [1.82, 2.24) is 10.2 Å². The molecule has 0 heterocycles. The molecule has 41 heavy (non-hydrogen) atoms. The number of benzene rings is 3. The summed E-state index contributed by atoms with van der Waals surface area (Å²) < 4.78 is 29.0. The van der Waals surface area contributed by atoms with Crippen LogP contribution in [0.2, 0.25) is 5.02 Å². The van der Waals surface area contributed by atoms with Crippen molar-refractivity contribution in [3.05, 3.63) is 94.5 Å². The van der Waals surface area contributed by atoms with Gasteiger partial charge in [-0.2, -0.15) is 0 Å². The summed E-state index contributed by atoms with van der Waals surface area (Å²) in [6.45, 7) is 5.34. The topological polar surface area (TPSA) is 86.8 Å². The summed E-state index contributed by atoms with van der Waals surface area (Å²) in [4.78, 5) is 29.4. The molecule has 1 atom stereocenters. The lowest BCUT2D eigenvalue weighted by atomic mass is 10.1. The SMILES string of the molecule is CCC(C(=O)NC1CCCC1)N(Cc1ccccc1C)C(=O)CN(c1ccc(C)c(Cl)c1)S(=O)(=O)c1ccccc1. The van der Waals surface area contributed by atoms with Gasteiger partial charge < -0.3 is 10.2 Å². The van der Waals surface area contributed by atoms with Crippen LogP contribution in [0.25, 0.3) is 0 Å². The third kappa shape index (κ3) is 7.29. The number of anilines is 1. The van der Waals surface area contributed by atoms with E-state index in [0.717, 1.165) is 46.7 Å². The highest BCUT2D eigenvalue weighted by Gasteiger charge is 2.34. The minimum Gasteiger partial charge on any atom is -0.352 e. The zero-order chi connectivity index (χ0) is 29.6. The highest BCUT2D eigenvalue weighted by Crippen LogP contribution is 2.29. The number of carbonyl (C=O) groups excluding carboxylic acids is 2. The number of nitrogens with zero attached hydrogens (tertiary/aromatic N) is 2. The number of carbonyl (C=O) groups is 2. The van der Waals surface area contributed by atoms with E-state index in [2.05, 4.69) is 5.32 Å². The van der Waals surface area contributed by atoms with E-state index in [1.54, 1.807) is 36.4 Å². The van der Waals surface area contributed by atoms with Gasteiger partial charge in [-0.15, -0.1) is 0 Å². The van der Waals surface area contributed by atoms with Gasteiger partial charge in [0.05, 0.1) is 10.6 Å². The Labute approximate surface area is 248 Å². The maximum atomic E-state index is 14.2. The van der Waals surface area contributed by atoms with Crippen molar-refractivity contribution in [3.8, 4) is 0 Å². The van der Waals surface area contributed by atoms with Crippen LogP contribution in [0.1, 0.15) is 55.7 Å². The van der Waals surface area contributed by atoms with Crippen LogP contribution < -0.4 is 9.62 Å². The first-order valence-corrected chi connectivity index (χ1v) is 15.9. The van der Waals surface area contributed by atoms with E-state index in [-0.39, 0.29) is 29.1 Å². The second-order valence-corrected chi connectivity index (χ2v) is 12.9. The van der Waals surface area contributed by atoms with E-state index in [9.17, 15) is 18.0 Å². The number of aryl methyl sites for hydroxylation is 2. The Morgan fingerprint density at radius 3 is 2.24 bits per heavy atom. The van der Waals surface area contributed by atoms with Crippen LogP contribution in [0, 0.1) is 13.8 Å². The average Bonchev–Trinajstić information content (AvgIpc) is 3.47. The van der Waals surface area contributed by atoms with E-state index in [0.29, 0.717) is 11.4 Å². The highest BCUT2D eigenvalue weighted by atomic mass is 35.5. The van der Waals surface area contributed by atoms with Crippen LogP contribution >= 0.6 is 11.6 Å². The quantitative estimate of drug-likeness (QED) is 0.294. The van der Waals surface area contributed by atoms with Crippen molar-refractivity contribution in [2.45, 2.75) is 76.4 Å². The maximum absolute atomic E-state index is 14.2. The molecule has 0 aromatic heterocycles. The molecule has 7 nitrogen and oxygen atoms in total. The molecule has 1 aliphatic rings. The van der Waals surface area contributed by atoms with Crippen LogP contribution in [0.15, 0.2) is 77.7 Å². The van der Waals surface area contributed by atoms with Gasteiger partial charge in [0.1, 0.15) is 12.6 Å². The summed E-state index contributed by atoms with van der Waals surface area (Å²) in [6.07, 6.45) is 4.37. The Kier molecular flexibility index (Phi) is 10.1. The van der Waals surface area contributed by atoms with Gasteiger partial charge in [-0.3, -0.25) is 13.9 Å². The largest absolute Gasteiger partial charge is 0.352 e. The van der Waals surface area contributed by atoms with Gasteiger partial charge in [-0.05, 0) is 74.1 Å². The zero-order valence-corrected chi connectivity index (χ0v) is 25.4. The Morgan fingerprint density at radius 1 is 0.951 bits per heavy atom. The third-order valence-corrected chi connectivity index (χ3v) is 9.94. The number of nitrogens with one attached hydrogen (secondary N) is 1. The first-order valence-electron chi connectivity index (χ1n) is 14.1. The number of rotatable bonds is 11. The fraction of sp³-hybridized carbons (Fsp3) is 0.375. The molecule has 1 fully saturated rings. The maximum Gasteiger partial charge on any atom is 0.264 e. The molecule has 3 aromatic carbocycles. The summed E-state index contributed by atoms with van der Waals surface area (Å²) in [5.74, 6) is -0.685. The number of hydrogen-bond donors (Lipinski definition) is 1. The normalized spacial score (nSPS) is 14.4. The van der Waals surface area contributed by atoms with E-state index in [4.69, 9.17) is 11.6 Å². The Morgan fingerprint density at radius 2 is 1.61 bits per heavy atom. The van der Waals surface area contributed by atoms with E-state index in [1.165, 1.54) is 17.0 Å². The summed E-state index contributed by atoms with van der Waals surface area (Å²) in [6, 6.07) is 20.0. The smallest absolute Gasteiger partial charge is 0.264 e. The molecule has 0 radical (unpaired) electrons. The van der Waals surface area contributed by atoms with Gasteiger partial charge in [-0.1, -0.05) is 79.9 Å². The molecule has 218 valence electrons. The lowest BCUT2D eigenvalue weighted by molar-refractivity contribution is -0.140. The van der Waals surface area contributed by atoms with Crippen LogP contribution in [0.3, 0.4) is 0 Å². The number of sulfonamides is 1. The fourth-order valence-corrected chi connectivity index (χ4v) is 6.85. The number of amides is 2. The van der Waals surface area contributed by atoms with E-state index < -0.39 is 28.5 Å². The predicted octanol–water partition coefficient (Wildman–Crippen LogP) is 6.02. The molecule has 0 saturated heterocycles. The lowest BCUT2D eigenvalue weighted by Crippen LogP contribution is -2.53. The standard InChI is InChI=1S/C32H38ClN3O4S/c1-4-30(32(38)34-26-14-10-11-15-26)35(21-25-13-9-8-12-23(25)2)31(37)22-36(27-19-18-24(3)29(33)20-27)41(39,40)28-16-6-5-7-17-28/h5-9,12-13,16-20,26,30H,4,10-11,14-15,21-22H2,1-3H3,(H,34,38). The van der Waals surface area contributed by atoms with Gasteiger partial charge >= 0.3 is 0 Å². The van der Waals surface area contributed by atoms with Crippen molar-refractivity contribution >= 4 is 39.1 Å². The summed E-state index contributed by atoms with van der Waals surface area (Å²) in [5.41, 5.74) is 2.94. The van der Waals surface area contributed by atoms with Crippen LogP contribution in [0.4, 0.5) is 5.69 Å². The second-order valence-electron chi connectivity index (χ2n) is 10.6. The van der Waals surface area contributed by atoms with Crippen molar-refractivity contribution in [3.63, 3.8) is 0 Å². The van der Waals surface area contributed by atoms with Gasteiger partial charge in [0.2, 0.25) is 11.8 Å². The first kappa shape index (κ1) is 30.6. The number of hydrogen-bond acceptors (Lipinski definition) is 4. The van der Waals surface area contributed by atoms with Gasteiger partial charge in [0.25, 0.3) is 10.0 Å². The zero-order valence-electron chi connectivity index (χ0n) is 23.8. The Hall–Kier alpha value is -3.36. The minimum atomic E-state index is -4.14. The van der Waals surface area contributed by atoms with Gasteiger partial charge in [0.15, 0.2) is 0 Å². The Bertz CT molecular complexity index is 1470. The average molecular weight is 596 g/mol. The third-order valence-electron chi connectivity index (χ3n) is 7.74. The molecule has 1 unspecified atom stereocenters. The van der Waals surface area contributed by atoms with Gasteiger partial charge in [-0.25, -0.2) is 8.42 Å². The van der Waals surface area contributed by atoms with Crippen LogP contribution in [-0.2, 0) is 26.2 Å². The van der Waals surface area contributed by atoms with Crippen LogP contribution in [0.5, 0.6) is 0 Å². The van der Waals surface area contributed by atoms with Crippen molar-refractivity contribution in [2.24, 2.45) is 0 Å². The molecule has 1 aliphatic carbocycles. The fourth-order valence-electron chi connectivity index (χ4n) is 5.24. The minimum absolute atomic E-state index is 0.0565. The van der Waals surface area contributed by atoms with Crippen molar-refractivity contribution < 1.29 is 18.0 Å². The Balaban J connectivity index is 1.73. The molecule has 1 N–H and O–H groups in total. The van der Waals surface area contributed by atoms with E-state index >= 15 is 0 Å². The molecule has 0 bridgehead atoms. The highest BCUT2D eigenvalue weighted by molar-refractivity contribution is 7.92. The molecule has 0 aliphatic heterocycles. The molecule has 4 rings (SSSR count). The molecule has 2 amide bonds. The predicted molar refractivity (Wildman–Crippen MR) is 163 cm³/mol. The first-order chi connectivity index (χ1) is 19.6. The van der Waals surface area contributed by atoms with Crippen LogP contribution in [-0.4, -0.2) is 43.8 Å². The second kappa shape index (κ2) is 13.5. The molecule has 3 aromatic rings. The molecule has 0 spiro atoms. The van der Waals surface area contributed by atoms with Crippen molar-refractivity contribution in [1.29, 1.82) is 0 Å². The lowest BCUT2D eigenvalue weighted by Gasteiger charge is -2.34.